The number of hydrogen-bond acceptors (Lipinski definition) is 5. The summed E-state index contributed by atoms with van der Waals surface area (Å²) in [5.41, 5.74) is -0.329. The highest BCUT2D eigenvalue weighted by molar-refractivity contribution is 5.87. The van der Waals surface area contributed by atoms with Gasteiger partial charge in [0.2, 0.25) is 5.88 Å². The minimum Gasteiger partial charge on any atom is -0.473 e. The molecule has 1 aromatic heterocycles. The highest BCUT2D eigenvalue weighted by Crippen LogP contribution is 2.24. The first-order valence-corrected chi connectivity index (χ1v) is 5.66. The van der Waals surface area contributed by atoms with Gasteiger partial charge < -0.3 is 9.47 Å². The number of aromatic nitrogens is 2. The minimum absolute atomic E-state index is 0.197. The lowest BCUT2D eigenvalue weighted by Gasteiger charge is -2.18. The zero-order chi connectivity index (χ0) is 12.5. The Bertz CT molecular complexity index is 405. The Kier molecular flexibility index (Phi) is 3.00. The highest BCUT2D eigenvalue weighted by atomic mass is 16.6. The summed E-state index contributed by atoms with van der Waals surface area (Å²) < 4.78 is 10.6. The predicted molar refractivity (Wildman–Crippen MR) is 60.9 cm³/mol. The average Bonchev–Trinajstić information content (AvgIpc) is 3.00. The molecule has 0 spiro atoms. The molecule has 0 unspecified atom stereocenters. The fraction of sp³-hybridized carbons (Fsp3) is 0.583. The molecule has 92 valence electrons. The molecule has 1 aliphatic carbocycles. The Balaban J connectivity index is 1.98. The molecule has 1 fully saturated rings. The number of esters is 1. The van der Waals surface area contributed by atoms with Crippen molar-refractivity contribution in [2.45, 2.75) is 45.3 Å². The Morgan fingerprint density at radius 1 is 1.29 bits per heavy atom. The molecular formula is C12H16N2O3. The van der Waals surface area contributed by atoms with Crippen molar-refractivity contribution in [2.75, 3.05) is 0 Å². The first-order chi connectivity index (χ1) is 7.94. The normalized spacial score (nSPS) is 15.5. The van der Waals surface area contributed by atoms with Crippen molar-refractivity contribution in [3.8, 4) is 5.88 Å². The maximum absolute atomic E-state index is 11.6. The van der Waals surface area contributed by atoms with Gasteiger partial charge in [-0.15, -0.1) is 0 Å². The SMILES string of the molecule is CC(C)(C)OC(=O)c1cnc(OC2CC2)cn1. The lowest BCUT2D eigenvalue weighted by Crippen LogP contribution is -2.24. The van der Waals surface area contributed by atoms with Gasteiger partial charge in [-0.2, -0.15) is 0 Å². The molecule has 1 aliphatic rings. The summed E-state index contributed by atoms with van der Waals surface area (Å²) in [5, 5.41) is 0. The molecule has 0 bridgehead atoms. The number of hydrogen-bond donors (Lipinski definition) is 0. The molecule has 0 radical (unpaired) electrons. The van der Waals surface area contributed by atoms with E-state index in [4.69, 9.17) is 9.47 Å². The maximum atomic E-state index is 11.6. The fourth-order valence-electron chi connectivity index (χ4n) is 1.17. The van der Waals surface area contributed by atoms with Gasteiger partial charge in [-0.3, -0.25) is 0 Å². The van der Waals surface area contributed by atoms with Crippen LogP contribution >= 0.6 is 0 Å². The van der Waals surface area contributed by atoms with E-state index in [2.05, 4.69) is 9.97 Å². The van der Waals surface area contributed by atoms with Gasteiger partial charge in [-0.25, -0.2) is 14.8 Å². The smallest absolute Gasteiger partial charge is 0.359 e. The Morgan fingerprint density at radius 3 is 2.47 bits per heavy atom. The van der Waals surface area contributed by atoms with Crippen LogP contribution in [0.3, 0.4) is 0 Å². The van der Waals surface area contributed by atoms with Gasteiger partial charge in [0, 0.05) is 0 Å². The van der Waals surface area contributed by atoms with Gasteiger partial charge in [0.05, 0.1) is 12.4 Å². The van der Waals surface area contributed by atoms with Gasteiger partial charge in [0.25, 0.3) is 0 Å². The van der Waals surface area contributed by atoms with E-state index < -0.39 is 11.6 Å². The van der Waals surface area contributed by atoms with Crippen LogP contribution in [-0.4, -0.2) is 27.6 Å². The molecular weight excluding hydrogens is 220 g/mol. The van der Waals surface area contributed by atoms with Gasteiger partial charge in [-0.05, 0) is 33.6 Å². The number of rotatable bonds is 3. The molecule has 0 aliphatic heterocycles. The molecule has 1 saturated carbocycles. The number of carbonyl (C=O) groups is 1. The lowest BCUT2D eigenvalue weighted by molar-refractivity contribution is 0.00622. The van der Waals surface area contributed by atoms with Crippen molar-refractivity contribution in [2.24, 2.45) is 0 Å². The van der Waals surface area contributed by atoms with Crippen LogP contribution in [0.1, 0.15) is 44.1 Å². The summed E-state index contributed by atoms with van der Waals surface area (Å²) in [5.74, 6) is -0.0113. The summed E-state index contributed by atoms with van der Waals surface area (Å²) in [6, 6.07) is 0. The standard InChI is InChI=1S/C12H16N2O3/c1-12(2,3)17-11(15)9-6-14-10(7-13-9)16-8-4-5-8/h6-8H,4-5H2,1-3H3. The van der Waals surface area contributed by atoms with Gasteiger partial charge in [0.15, 0.2) is 5.69 Å². The first-order valence-electron chi connectivity index (χ1n) is 5.66. The summed E-state index contributed by atoms with van der Waals surface area (Å²) in [4.78, 5) is 19.6. The largest absolute Gasteiger partial charge is 0.473 e. The van der Waals surface area contributed by atoms with E-state index in [0.29, 0.717) is 5.88 Å². The molecule has 0 atom stereocenters. The molecule has 2 rings (SSSR count). The second-order valence-corrected chi connectivity index (χ2v) is 5.06. The molecule has 17 heavy (non-hydrogen) atoms. The van der Waals surface area contributed by atoms with Gasteiger partial charge in [-0.1, -0.05) is 0 Å². The van der Waals surface area contributed by atoms with E-state index in [-0.39, 0.29) is 11.8 Å². The molecule has 5 heteroatoms. The third-order valence-corrected chi connectivity index (χ3v) is 2.05. The van der Waals surface area contributed by atoms with Crippen LogP contribution in [-0.2, 0) is 4.74 Å². The third-order valence-electron chi connectivity index (χ3n) is 2.05. The quantitative estimate of drug-likeness (QED) is 0.751. The van der Waals surface area contributed by atoms with E-state index in [1.165, 1.54) is 12.4 Å². The van der Waals surface area contributed by atoms with Crippen LogP contribution < -0.4 is 4.74 Å². The van der Waals surface area contributed by atoms with E-state index in [1.807, 2.05) is 20.8 Å². The van der Waals surface area contributed by atoms with Crippen molar-refractivity contribution in [3.63, 3.8) is 0 Å². The molecule has 0 amide bonds. The molecule has 0 N–H and O–H groups in total. The Hall–Kier alpha value is -1.65. The van der Waals surface area contributed by atoms with Crippen molar-refractivity contribution >= 4 is 5.97 Å². The van der Waals surface area contributed by atoms with Crippen molar-refractivity contribution in [3.05, 3.63) is 18.1 Å². The zero-order valence-corrected chi connectivity index (χ0v) is 10.3. The summed E-state index contributed by atoms with van der Waals surface area (Å²) in [6.45, 7) is 5.43. The molecule has 1 aromatic rings. The van der Waals surface area contributed by atoms with Crippen LogP contribution in [0, 0.1) is 0 Å². The second kappa shape index (κ2) is 4.31. The van der Waals surface area contributed by atoms with Crippen LogP contribution in [0.2, 0.25) is 0 Å². The summed E-state index contributed by atoms with van der Waals surface area (Å²) >= 11 is 0. The van der Waals surface area contributed by atoms with Gasteiger partial charge in [0.1, 0.15) is 11.7 Å². The van der Waals surface area contributed by atoms with Crippen LogP contribution in [0.15, 0.2) is 12.4 Å². The average molecular weight is 236 g/mol. The number of nitrogens with zero attached hydrogens (tertiary/aromatic N) is 2. The van der Waals surface area contributed by atoms with E-state index in [1.54, 1.807) is 0 Å². The monoisotopic (exact) mass is 236 g/mol. The number of carbonyl (C=O) groups excluding carboxylic acids is 1. The summed E-state index contributed by atoms with van der Waals surface area (Å²) in [7, 11) is 0. The molecule has 0 aromatic carbocycles. The Labute approximate surface area is 100 Å². The molecule has 1 heterocycles. The maximum Gasteiger partial charge on any atom is 0.359 e. The second-order valence-electron chi connectivity index (χ2n) is 5.06. The lowest BCUT2D eigenvalue weighted by atomic mass is 10.2. The molecule has 0 saturated heterocycles. The van der Waals surface area contributed by atoms with Crippen LogP contribution in [0.25, 0.3) is 0 Å². The third kappa shape index (κ3) is 3.69. The predicted octanol–water partition coefficient (Wildman–Crippen LogP) is 1.97. The van der Waals surface area contributed by atoms with E-state index in [0.717, 1.165) is 12.8 Å². The van der Waals surface area contributed by atoms with Crippen molar-refractivity contribution < 1.29 is 14.3 Å². The summed E-state index contributed by atoms with van der Waals surface area (Å²) in [6.07, 6.45) is 5.24. The zero-order valence-electron chi connectivity index (χ0n) is 10.3. The number of ether oxygens (including phenoxy) is 2. The van der Waals surface area contributed by atoms with E-state index >= 15 is 0 Å². The Morgan fingerprint density at radius 2 is 2.00 bits per heavy atom. The van der Waals surface area contributed by atoms with Crippen molar-refractivity contribution in [1.82, 2.24) is 9.97 Å². The topological polar surface area (TPSA) is 61.3 Å². The van der Waals surface area contributed by atoms with Crippen molar-refractivity contribution in [1.29, 1.82) is 0 Å². The fourth-order valence-corrected chi connectivity index (χ4v) is 1.17. The van der Waals surface area contributed by atoms with Crippen LogP contribution in [0.5, 0.6) is 5.88 Å². The highest BCUT2D eigenvalue weighted by Gasteiger charge is 2.24. The minimum atomic E-state index is -0.526. The first kappa shape index (κ1) is 11.8. The molecule has 5 nitrogen and oxygen atoms in total. The van der Waals surface area contributed by atoms with Crippen LogP contribution in [0.4, 0.5) is 0 Å². The van der Waals surface area contributed by atoms with E-state index in [9.17, 15) is 4.79 Å². The van der Waals surface area contributed by atoms with Gasteiger partial charge >= 0.3 is 5.97 Å².